The van der Waals surface area contributed by atoms with Crippen molar-refractivity contribution in [1.82, 2.24) is 4.98 Å². The fraction of sp³-hybridized carbons (Fsp3) is 0.750. The fourth-order valence-corrected chi connectivity index (χ4v) is 2.81. The third kappa shape index (κ3) is 3.46. The molecule has 90 valence electrons. The average molecular weight is 240 g/mol. The molecule has 0 bridgehead atoms. The highest BCUT2D eigenvalue weighted by molar-refractivity contribution is 7.13. The van der Waals surface area contributed by atoms with E-state index in [0.717, 1.165) is 24.7 Å². The van der Waals surface area contributed by atoms with Crippen LogP contribution in [-0.2, 0) is 11.2 Å². The largest absolute Gasteiger partial charge is 0.376 e. The van der Waals surface area contributed by atoms with Gasteiger partial charge < -0.3 is 10.1 Å². The summed E-state index contributed by atoms with van der Waals surface area (Å²) in [7, 11) is 0. The van der Waals surface area contributed by atoms with Crippen molar-refractivity contribution in [3.8, 4) is 0 Å². The number of nitrogens with zero attached hydrogens (tertiary/aromatic N) is 1. The van der Waals surface area contributed by atoms with Crippen molar-refractivity contribution in [2.75, 3.05) is 18.5 Å². The van der Waals surface area contributed by atoms with Gasteiger partial charge in [-0.2, -0.15) is 0 Å². The van der Waals surface area contributed by atoms with E-state index in [2.05, 4.69) is 22.6 Å². The smallest absolute Gasteiger partial charge is 0.182 e. The summed E-state index contributed by atoms with van der Waals surface area (Å²) >= 11 is 1.68. The lowest BCUT2D eigenvalue weighted by molar-refractivity contribution is 0.0659. The van der Waals surface area contributed by atoms with Gasteiger partial charge in [-0.25, -0.2) is 4.98 Å². The Morgan fingerprint density at radius 1 is 1.50 bits per heavy atom. The summed E-state index contributed by atoms with van der Waals surface area (Å²) in [5.41, 5.74) is 1.17. The summed E-state index contributed by atoms with van der Waals surface area (Å²) in [6, 6.07) is 0. The molecule has 0 aliphatic heterocycles. The van der Waals surface area contributed by atoms with E-state index >= 15 is 0 Å². The average Bonchev–Trinajstić information content (AvgIpc) is 2.95. The zero-order valence-corrected chi connectivity index (χ0v) is 10.7. The highest BCUT2D eigenvalue weighted by atomic mass is 32.1. The molecule has 1 fully saturated rings. The second kappa shape index (κ2) is 6.21. The van der Waals surface area contributed by atoms with Crippen LogP contribution in [0.4, 0.5) is 5.13 Å². The predicted octanol–water partition coefficient (Wildman–Crippen LogP) is 3.08. The third-order valence-electron chi connectivity index (χ3n) is 2.95. The Morgan fingerprint density at radius 2 is 2.31 bits per heavy atom. The summed E-state index contributed by atoms with van der Waals surface area (Å²) in [5, 5.41) is 6.44. The van der Waals surface area contributed by atoms with Crippen molar-refractivity contribution < 1.29 is 4.74 Å². The SMILES string of the molecule is CCc1csc(NCCOC2CCCC2)n1. The fourth-order valence-electron chi connectivity index (χ4n) is 1.99. The lowest BCUT2D eigenvalue weighted by Crippen LogP contribution is -2.15. The molecule has 1 aromatic heterocycles. The number of aromatic nitrogens is 1. The van der Waals surface area contributed by atoms with Crippen LogP contribution in [0.1, 0.15) is 38.3 Å². The monoisotopic (exact) mass is 240 g/mol. The van der Waals surface area contributed by atoms with Crippen molar-refractivity contribution in [1.29, 1.82) is 0 Å². The normalized spacial score (nSPS) is 16.8. The Morgan fingerprint density at radius 3 is 3.00 bits per heavy atom. The summed E-state index contributed by atoms with van der Waals surface area (Å²) in [6.07, 6.45) is 6.70. The van der Waals surface area contributed by atoms with Gasteiger partial charge in [0.2, 0.25) is 0 Å². The lowest BCUT2D eigenvalue weighted by Gasteiger charge is -2.10. The van der Waals surface area contributed by atoms with Crippen LogP contribution >= 0.6 is 11.3 Å². The molecule has 0 aromatic carbocycles. The maximum absolute atomic E-state index is 5.77. The maximum Gasteiger partial charge on any atom is 0.182 e. The Kier molecular flexibility index (Phi) is 4.60. The van der Waals surface area contributed by atoms with Crippen LogP contribution in [0.15, 0.2) is 5.38 Å². The molecule has 1 aromatic rings. The third-order valence-corrected chi connectivity index (χ3v) is 3.80. The Bertz CT molecular complexity index is 308. The summed E-state index contributed by atoms with van der Waals surface area (Å²) in [4.78, 5) is 4.45. The number of rotatable bonds is 6. The molecule has 4 heteroatoms. The van der Waals surface area contributed by atoms with Gasteiger partial charge in [-0.05, 0) is 19.3 Å². The first kappa shape index (κ1) is 11.9. The lowest BCUT2D eigenvalue weighted by atomic mass is 10.3. The van der Waals surface area contributed by atoms with Crippen LogP contribution in [-0.4, -0.2) is 24.2 Å². The van der Waals surface area contributed by atoms with Crippen molar-refractivity contribution in [2.24, 2.45) is 0 Å². The van der Waals surface area contributed by atoms with Gasteiger partial charge in [0.05, 0.1) is 18.4 Å². The first-order chi connectivity index (χ1) is 7.88. The maximum atomic E-state index is 5.77. The number of hydrogen-bond acceptors (Lipinski definition) is 4. The Labute approximate surface area is 101 Å². The highest BCUT2D eigenvalue weighted by Crippen LogP contribution is 2.20. The summed E-state index contributed by atoms with van der Waals surface area (Å²) in [5.74, 6) is 0. The standard InChI is InChI=1S/C12H20N2OS/c1-2-10-9-16-12(14-10)13-7-8-15-11-5-3-4-6-11/h9,11H,2-8H2,1H3,(H,13,14). The van der Waals surface area contributed by atoms with E-state index in [1.165, 1.54) is 31.4 Å². The van der Waals surface area contributed by atoms with Crippen molar-refractivity contribution in [3.63, 3.8) is 0 Å². The van der Waals surface area contributed by atoms with Crippen LogP contribution < -0.4 is 5.32 Å². The summed E-state index contributed by atoms with van der Waals surface area (Å²) < 4.78 is 5.77. The highest BCUT2D eigenvalue weighted by Gasteiger charge is 2.14. The molecule has 1 N–H and O–H groups in total. The zero-order chi connectivity index (χ0) is 11.2. The molecule has 0 saturated heterocycles. The Hall–Kier alpha value is -0.610. The second-order valence-corrected chi connectivity index (χ2v) is 5.06. The molecule has 0 atom stereocenters. The van der Waals surface area contributed by atoms with E-state index in [-0.39, 0.29) is 0 Å². The predicted molar refractivity (Wildman–Crippen MR) is 68.2 cm³/mol. The number of hydrogen-bond donors (Lipinski definition) is 1. The molecule has 16 heavy (non-hydrogen) atoms. The molecule has 1 heterocycles. The van der Waals surface area contributed by atoms with E-state index in [1.54, 1.807) is 11.3 Å². The van der Waals surface area contributed by atoms with Gasteiger partial charge >= 0.3 is 0 Å². The topological polar surface area (TPSA) is 34.1 Å². The number of thiazole rings is 1. The Balaban J connectivity index is 1.60. The number of aryl methyl sites for hydroxylation is 1. The van der Waals surface area contributed by atoms with Crippen LogP contribution in [0, 0.1) is 0 Å². The van der Waals surface area contributed by atoms with Gasteiger partial charge in [0, 0.05) is 11.9 Å². The quantitative estimate of drug-likeness (QED) is 0.776. The van der Waals surface area contributed by atoms with E-state index in [1.807, 2.05) is 0 Å². The van der Waals surface area contributed by atoms with Gasteiger partial charge in [-0.15, -0.1) is 11.3 Å². The van der Waals surface area contributed by atoms with Crippen molar-refractivity contribution in [3.05, 3.63) is 11.1 Å². The first-order valence-electron chi connectivity index (χ1n) is 6.18. The minimum absolute atomic E-state index is 0.518. The summed E-state index contributed by atoms with van der Waals surface area (Å²) in [6.45, 7) is 3.79. The molecule has 1 aliphatic carbocycles. The van der Waals surface area contributed by atoms with Gasteiger partial charge in [-0.1, -0.05) is 19.8 Å². The van der Waals surface area contributed by atoms with Gasteiger partial charge in [-0.3, -0.25) is 0 Å². The van der Waals surface area contributed by atoms with Crippen LogP contribution in [0.2, 0.25) is 0 Å². The molecule has 1 aliphatic rings. The minimum Gasteiger partial charge on any atom is -0.376 e. The van der Waals surface area contributed by atoms with Crippen molar-refractivity contribution >= 4 is 16.5 Å². The van der Waals surface area contributed by atoms with Crippen LogP contribution in [0.3, 0.4) is 0 Å². The molecular weight excluding hydrogens is 220 g/mol. The second-order valence-electron chi connectivity index (χ2n) is 4.20. The number of nitrogens with one attached hydrogen (secondary N) is 1. The van der Waals surface area contributed by atoms with E-state index in [0.29, 0.717) is 6.10 Å². The van der Waals surface area contributed by atoms with E-state index in [9.17, 15) is 0 Å². The van der Waals surface area contributed by atoms with E-state index < -0.39 is 0 Å². The molecular formula is C12H20N2OS. The van der Waals surface area contributed by atoms with Crippen LogP contribution in [0.5, 0.6) is 0 Å². The molecule has 2 rings (SSSR count). The zero-order valence-electron chi connectivity index (χ0n) is 9.87. The number of anilines is 1. The van der Waals surface area contributed by atoms with Gasteiger partial charge in [0.25, 0.3) is 0 Å². The van der Waals surface area contributed by atoms with Gasteiger partial charge in [0.15, 0.2) is 5.13 Å². The molecule has 0 spiro atoms. The molecule has 0 unspecified atom stereocenters. The minimum atomic E-state index is 0.518. The molecule has 3 nitrogen and oxygen atoms in total. The van der Waals surface area contributed by atoms with Crippen LogP contribution in [0.25, 0.3) is 0 Å². The number of ether oxygens (including phenoxy) is 1. The molecule has 0 amide bonds. The van der Waals surface area contributed by atoms with Gasteiger partial charge in [0.1, 0.15) is 0 Å². The molecule has 1 saturated carbocycles. The van der Waals surface area contributed by atoms with Crippen molar-refractivity contribution in [2.45, 2.75) is 45.1 Å². The van der Waals surface area contributed by atoms with E-state index in [4.69, 9.17) is 4.74 Å². The first-order valence-corrected chi connectivity index (χ1v) is 7.06. The molecule has 0 radical (unpaired) electrons.